The highest BCUT2D eigenvalue weighted by Gasteiger charge is 2.10. The first-order valence-corrected chi connectivity index (χ1v) is 5.72. The molecule has 6 heteroatoms. The van der Waals surface area contributed by atoms with E-state index in [0.717, 1.165) is 0 Å². The molecular weight excluding hydrogens is 236 g/mol. The van der Waals surface area contributed by atoms with Crippen molar-refractivity contribution in [2.24, 2.45) is 0 Å². The fourth-order valence-corrected chi connectivity index (χ4v) is 1.70. The zero-order valence-corrected chi connectivity index (χ0v) is 10.2. The first-order chi connectivity index (χ1) is 8.67. The van der Waals surface area contributed by atoms with Crippen LogP contribution in [0, 0.1) is 0 Å². The lowest BCUT2D eigenvalue weighted by atomic mass is 10.2. The summed E-state index contributed by atoms with van der Waals surface area (Å²) in [5.74, 6) is 1.01. The van der Waals surface area contributed by atoms with Gasteiger partial charge in [0.15, 0.2) is 0 Å². The number of benzene rings is 1. The molecule has 0 saturated heterocycles. The Kier molecular flexibility index (Phi) is 3.36. The van der Waals surface area contributed by atoms with E-state index in [1.54, 1.807) is 12.1 Å². The van der Waals surface area contributed by atoms with E-state index in [0.29, 0.717) is 35.7 Å². The normalized spacial score (nSPS) is 10.6. The highest BCUT2D eigenvalue weighted by Crippen LogP contribution is 2.28. The van der Waals surface area contributed by atoms with Crippen molar-refractivity contribution < 1.29 is 9.47 Å². The predicted octanol–water partition coefficient (Wildman–Crippen LogP) is 1.01. The number of ether oxygens (including phenoxy) is 2. The van der Waals surface area contributed by atoms with E-state index in [2.05, 4.69) is 9.97 Å². The second-order valence-corrected chi connectivity index (χ2v) is 3.59. The third kappa shape index (κ3) is 2.09. The summed E-state index contributed by atoms with van der Waals surface area (Å²) in [6.07, 6.45) is 0. The zero-order chi connectivity index (χ0) is 13.1. The van der Waals surface area contributed by atoms with Gasteiger partial charge in [0.1, 0.15) is 22.5 Å². The molecule has 0 amide bonds. The minimum Gasteiger partial charge on any atom is -0.492 e. The van der Waals surface area contributed by atoms with Crippen molar-refractivity contribution >= 4 is 11.0 Å². The lowest BCUT2D eigenvalue weighted by molar-refractivity contribution is 0.335. The van der Waals surface area contributed by atoms with Crippen LogP contribution in [-0.4, -0.2) is 23.2 Å². The average Bonchev–Trinajstić information content (AvgIpc) is 2.35. The lowest BCUT2D eigenvalue weighted by Gasteiger charge is -2.10. The van der Waals surface area contributed by atoms with Gasteiger partial charge in [0, 0.05) is 0 Å². The minimum absolute atomic E-state index is 0.437. The molecule has 0 aliphatic carbocycles. The van der Waals surface area contributed by atoms with E-state index in [1.165, 1.54) is 0 Å². The van der Waals surface area contributed by atoms with Crippen LogP contribution < -0.4 is 20.6 Å². The smallest absolute Gasteiger partial charge is 0.314 e. The first kappa shape index (κ1) is 12.2. The van der Waals surface area contributed by atoms with Crippen molar-refractivity contribution in [3.05, 3.63) is 32.8 Å². The number of nitrogens with one attached hydrogen (secondary N) is 2. The summed E-state index contributed by atoms with van der Waals surface area (Å²) in [7, 11) is 0. The van der Waals surface area contributed by atoms with Crippen LogP contribution in [0.1, 0.15) is 13.8 Å². The van der Waals surface area contributed by atoms with Crippen molar-refractivity contribution in [3.8, 4) is 11.5 Å². The standard InChI is InChI=1S/C12H14N2O4/c1-3-17-7-5-6-8(18-4-2)10-9(7)13-11(15)12(16)14-10/h5-6H,3-4H2,1-2H3,(H,13,15)(H,14,16). The molecule has 0 saturated carbocycles. The highest BCUT2D eigenvalue weighted by molar-refractivity contribution is 5.86. The van der Waals surface area contributed by atoms with Crippen LogP contribution in [-0.2, 0) is 0 Å². The summed E-state index contributed by atoms with van der Waals surface area (Å²) in [6.45, 7) is 4.60. The second kappa shape index (κ2) is 4.95. The van der Waals surface area contributed by atoms with Gasteiger partial charge in [0.25, 0.3) is 0 Å². The molecule has 0 unspecified atom stereocenters. The van der Waals surface area contributed by atoms with E-state index in [9.17, 15) is 9.59 Å². The van der Waals surface area contributed by atoms with Crippen molar-refractivity contribution in [2.45, 2.75) is 13.8 Å². The third-order valence-corrected chi connectivity index (χ3v) is 2.41. The van der Waals surface area contributed by atoms with Crippen LogP contribution in [0.15, 0.2) is 21.7 Å². The molecular formula is C12H14N2O4. The largest absolute Gasteiger partial charge is 0.492 e. The number of H-pyrrole nitrogens is 2. The van der Waals surface area contributed by atoms with Crippen LogP contribution in [0.2, 0.25) is 0 Å². The van der Waals surface area contributed by atoms with E-state index >= 15 is 0 Å². The summed E-state index contributed by atoms with van der Waals surface area (Å²) in [4.78, 5) is 27.7. The average molecular weight is 250 g/mol. The van der Waals surface area contributed by atoms with Gasteiger partial charge in [-0.3, -0.25) is 9.59 Å². The Labute approximate surface area is 103 Å². The van der Waals surface area contributed by atoms with Crippen molar-refractivity contribution in [3.63, 3.8) is 0 Å². The number of hydrogen-bond acceptors (Lipinski definition) is 4. The van der Waals surface area contributed by atoms with Crippen molar-refractivity contribution in [1.29, 1.82) is 0 Å². The number of fused-ring (bicyclic) bond motifs is 1. The van der Waals surface area contributed by atoms with Gasteiger partial charge in [0.2, 0.25) is 0 Å². The van der Waals surface area contributed by atoms with Gasteiger partial charge >= 0.3 is 11.1 Å². The monoisotopic (exact) mass is 250 g/mol. The zero-order valence-electron chi connectivity index (χ0n) is 10.2. The van der Waals surface area contributed by atoms with E-state index in [4.69, 9.17) is 9.47 Å². The molecule has 0 aliphatic rings. The van der Waals surface area contributed by atoms with Gasteiger partial charge in [-0.1, -0.05) is 0 Å². The second-order valence-electron chi connectivity index (χ2n) is 3.59. The van der Waals surface area contributed by atoms with Crippen LogP contribution in [0.5, 0.6) is 11.5 Å². The molecule has 2 rings (SSSR count). The molecule has 2 aromatic rings. The molecule has 1 aromatic heterocycles. The Bertz CT molecular complexity index is 613. The summed E-state index contributed by atoms with van der Waals surface area (Å²) >= 11 is 0. The van der Waals surface area contributed by atoms with Crippen molar-refractivity contribution in [2.75, 3.05) is 13.2 Å². The first-order valence-electron chi connectivity index (χ1n) is 5.72. The molecule has 18 heavy (non-hydrogen) atoms. The quantitative estimate of drug-likeness (QED) is 0.793. The van der Waals surface area contributed by atoms with Gasteiger partial charge in [-0.2, -0.15) is 0 Å². The fourth-order valence-electron chi connectivity index (χ4n) is 1.70. The minimum atomic E-state index is -0.711. The molecule has 0 fully saturated rings. The number of aromatic nitrogens is 2. The summed E-state index contributed by atoms with van der Waals surface area (Å²) in [5, 5.41) is 0. The summed E-state index contributed by atoms with van der Waals surface area (Å²) < 4.78 is 10.8. The Morgan fingerprint density at radius 1 is 0.889 bits per heavy atom. The highest BCUT2D eigenvalue weighted by atomic mass is 16.5. The van der Waals surface area contributed by atoms with Gasteiger partial charge in [-0.15, -0.1) is 0 Å². The van der Waals surface area contributed by atoms with Crippen LogP contribution in [0.25, 0.3) is 11.0 Å². The Hall–Kier alpha value is -2.24. The van der Waals surface area contributed by atoms with Crippen molar-refractivity contribution in [1.82, 2.24) is 9.97 Å². The number of rotatable bonds is 4. The van der Waals surface area contributed by atoms with E-state index in [1.807, 2.05) is 13.8 Å². The van der Waals surface area contributed by atoms with Gasteiger partial charge in [-0.05, 0) is 26.0 Å². The molecule has 0 aliphatic heterocycles. The molecule has 2 N–H and O–H groups in total. The van der Waals surface area contributed by atoms with Gasteiger partial charge in [0.05, 0.1) is 13.2 Å². The van der Waals surface area contributed by atoms with E-state index in [-0.39, 0.29) is 0 Å². The molecule has 6 nitrogen and oxygen atoms in total. The predicted molar refractivity (Wildman–Crippen MR) is 67.5 cm³/mol. The Balaban J connectivity index is 2.77. The van der Waals surface area contributed by atoms with Crippen LogP contribution in [0.3, 0.4) is 0 Å². The Morgan fingerprint density at radius 3 is 1.61 bits per heavy atom. The maximum atomic E-state index is 11.4. The third-order valence-electron chi connectivity index (χ3n) is 2.41. The molecule has 1 heterocycles. The molecule has 96 valence electrons. The van der Waals surface area contributed by atoms with Gasteiger partial charge in [-0.25, -0.2) is 0 Å². The van der Waals surface area contributed by atoms with Crippen LogP contribution >= 0.6 is 0 Å². The van der Waals surface area contributed by atoms with Crippen LogP contribution in [0.4, 0.5) is 0 Å². The maximum absolute atomic E-state index is 11.4. The molecule has 0 bridgehead atoms. The SMILES string of the molecule is CCOc1ccc(OCC)c2[nH]c(=O)c(=O)[nH]c12. The summed E-state index contributed by atoms with van der Waals surface area (Å²) in [6, 6.07) is 3.40. The number of hydrogen-bond donors (Lipinski definition) is 2. The number of aromatic amines is 2. The summed E-state index contributed by atoms with van der Waals surface area (Å²) in [5.41, 5.74) is -0.547. The molecule has 0 spiro atoms. The molecule has 0 radical (unpaired) electrons. The topological polar surface area (TPSA) is 84.2 Å². The van der Waals surface area contributed by atoms with Gasteiger partial charge < -0.3 is 19.4 Å². The maximum Gasteiger partial charge on any atom is 0.314 e. The fraction of sp³-hybridized carbons (Fsp3) is 0.333. The molecule has 0 atom stereocenters. The lowest BCUT2D eigenvalue weighted by Crippen LogP contribution is -2.29. The van der Waals surface area contributed by atoms with E-state index < -0.39 is 11.1 Å². The molecule has 1 aromatic carbocycles. The Morgan fingerprint density at radius 2 is 1.28 bits per heavy atom.